The summed E-state index contributed by atoms with van der Waals surface area (Å²) in [6, 6.07) is 0. The Morgan fingerprint density at radius 1 is 0.952 bits per heavy atom. The van der Waals surface area contributed by atoms with E-state index >= 15 is 0 Å². The third-order valence-corrected chi connectivity index (χ3v) is 4.41. The molecule has 0 spiro atoms. The maximum Gasteiger partial charge on any atom is 0.264 e. The zero-order valence-corrected chi connectivity index (χ0v) is 14.5. The van der Waals surface area contributed by atoms with Gasteiger partial charge in [-0.05, 0) is 26.2 Å². The summed E-state index contributed by atoms with van der Waals surface area (Å²) < 4.78 is 41.8. The van der Waals surface area contributed by atoms with Crippen molar-refractivity contribution in [3.63, 3.8) is 0 Å². The van der Waals surface area contributed by atoms with Crippen LogP contribution in [0.4, 0.5) is 0 Å². The fourth-order valence-corrected chi connectivity index (χ4v) is 2.53. The molecule has 1 unspecified atom stereocenters. The van der Waals surface area contributed by atoms with Crippen molar-refractivity contribution in [1.82, 2.24) is 0 Å². The molecule has 0 fully saturated rings. The fraction of sp³-hybridized carbons (Fsp3) is 1.00. The predicted molar refractivity (Wildman–Crippen MR) is 84.0 cm³/mol. The van der Waals surface area contributed by atoms with Crippen LogP contribution in [0.15, 0.2) is 0 Å². The van der Waals surface area contributed by atoms with Gasteiger partial charge in [0, 0.05) is 6.61 Å². The van der Waals surface area contributed by atoms with E-state index < -0.39 is 10.1 Å². The second-order valence-electron chi connectivity index (χ2n) is 5.60. The second-order valence-corrected chi connectivity index (χ2v) is 7.17. The Bertz CT molecular complexity index is 347. The van der Waals surface area contributed by atoms with Gasteiger partial charge in [-0.1, -0.05) is 6.92 Å². The number of likely N-dealkylation sites (N-methyl/N-ethyl adjacent to an activating group) is 1. The van der Waals surface area contributed by atoms with E-state index in [1.54, 1.807) is 0 Å². The van der Waals surface area contributed by atoms with Gasteiger partial charge in [-0.25, -0.2) is 0 Å². The molecule has 0 amide bonds. The SMILES string of the molecule is CCCOCCOCC[N+](C)(CC)CCCCS(=O)(=O)O. The zero-order valence-electron chi connectivity index (χ0n) is 13.7. The first-order valence-corrected chi connectivity index (χ1v) is 9.38. The molecule has 0 rings (SSSR count). The molecule has 0 aliphatic heterocycles. The Labute approximate surface area is 129 Å². The summed E-state index contributed by atoms with van der Waals surface area (Å²) in [7, 11) is -1.68. The molecule has 0 aromatic heterocycles. The molecule has 1 atom stereocenters. The molecule has 21 heavy (non-hydrogen) atoms. The Balaban J connectivity index is 3.74. The number of quaternary nitrogens is 1. The maximum atomic E-state index is 10.7. The average Bonchev–Trinajstić information content (AvgIpc) is 2.42. The standard InChI is InChI=1S/C14H31NO5S/c1-4-10-19-12-13-20-11-9-15(3,5-2)8-6-7-14-21(16,17)18/h4-14H2,1-3H3/p+1. The molecular formula is C14H32NO5S+. The molecular weight excluding hydrogens is 294 g/mol. The Morgan fingerprint density at radius 3 is 2.10 bits per heavy atom. The predicted octanol–water partition coefficient (Wildman–Crippen LogP) is 1.56. The molecule has 0 bridgehead atoms. The van der Waals surface area contributed by atoms with Crippen LogP contribution in [0.1, 0.15) is 33.1 Å². The van der Waals surface area contributed by atoms with Crippen molar-refractivity contribution >= 4 is 10.1 Å². The first kappa shape index (κ1) is 20.8. The highest BCUT2D eigenvalue weighted by Gasteiger charge is 2.18. The molecule has 0 aromatic carbocycles. The van der Waals surface area contributed by atoms with Crippen LogP contribution in [0, 0.1) is 0 Å². The molecule has 0 radical (unpaired) electrons. The summed E-state index contributed by atoms with van der Waals surface area (Å²) in [4.78, 5) is 0. The topological polar surface area (TPSA) is 72.8 Å². The van der Waals surface area contributed by atoms with E-state index in [1.807, 2.05) is 0 Å². The maximum absolute atomic E-state index is 10.7. The smallest absolute Gasteiger partial charge is 0.264 e. The molecule has 7 heteroatoms. The van der Waals surface area contributed by atoms with Crippen LogP contribution >= 0.6 is 0 Å². The molecule has 0 aromatic rings. The van der Waals surface area contributed by atoms with E-state index in [1.165, 1.54) is 0 Å². The highest BCUT2D eigenvalue weighted by molar-refractivity contribution is 7.85. The fourth-order valence-electron chi connectivity index (χ4n) is 1.96. The number of hydrogen-bond donors (Lipinski definition) is 1. The first-order valence-electron chi connectivity index (χ1n) is 7.77. The molecule has 0 heterocycles. The summed E-state index contributed by atoms with van der Waals surface area (Å²) in [5.74, 6) is -0.151. The Morgan fingerprint density at radius 2 is 1.57 bits per heavy atom. The Kier molecular flexibility index (Phi) is 11.3. The molecule has 0 saturated carbocycles. The van der Waals surface area contributed by atoms with E-state index in [2.05, 4.69) is 20.9 Å². The van der Waals surface area contributed by atoms with Crippen molar-refractivity contribution in [2.45, 2.75) is 33.1 Å². The molecule has 1 N–H and O–H groups in total. The largest absolute Gasteiger partial charge is 0.379 e. The van der Waals surface area contributed by atoms with Crippen LogP contribution in [-0.2, 0) is 19.6 Å². The third-order valence-electron chi connectivity index (χ3n) is 3.61. The van der Waals surface area contributed by atoms with Crippen molar-refractivity contribution in [3.8, 4) is 0 Å². The highest BCUT2D eigenvalue weighted by Crippen LogP contribution is 2.06. The normalized spacial score (nSPS) is 15.0. The number of hydrogen-bond acceptors (Lipinski definition) is 4. The van der Waals surface area contributed by atoms with Crippen molar-refractivity contribution in [1.29, 1.82) is 0 Å². The van der Waals surface area contributed by atoms with Gasteiger partial charge in [0.1, 0.15) is 6.54 Å². The lowest BCUT2D eigenvalue weighted by Gasteiger charge is -2.33. The van der Waals surface area contributed by atoms with Gasteiger partial charge in [-0.15, -0.1) is 0 Å². The summed E-state index contributed by atoms with van der Waals surface area (Å²) in [6.45, 7) is 9.67. The average molecular weight is 326 g/mol. The number of ether oxygens (including phenoxy) is 2. The number of rotatable bonds is 14. The molecule has 128 valence electrons. The lowest BCUT2D eigenvalue weighted by molar-refractivity contribution is -0.908. The van der Waals surface area contributed by atoms with Gasteiger partial charge in [0.25, 0.3) is 10.1 Å². The summed E-state index contributed by atoms with van der Waals surface area (Å²) >= 11 is 0. The third kappa shape index (κ3) is 13.2. The molecule has 6 nitrogen and oxygen atoms in total. The number of nitrogens with zero attached hydrogens (tertiary/aromatic N) is 1. The molecule has 0 saturated heterocycles. The van der Waals surface area contributed by atoms with Crippen LogP contribution in [0.25, 0.3) is 0 Å². The van der Waals surface area contributed by atoms with Crippen LogP contribution in [0.2, 0.25) is 0 Å². The van der Waals surface area contributed by atoms with Gasteiger partial charge < -0.3 is 14.0 Å². The highest BCUT2D eigenvalue weighted by atomic mass is 32.2. The quantitative estimate of drug-likeness (QED) is 0.298. The van der Waals surface area contributed by atoms with Gasteiger partial charge in [0.15, 0.2) is 0 Å². The van der Waals surface area contributed by atoms with Crippen molar-refractivity contribution in [2.75, 3.05) is 58.9 Å². The summed E-state index contributed by atoms with van der Waals surface area (Å²) in [5, 5.41) is 0. The van der Waals surface area contributed by atoms with Gasteiger partial charge in [0.05, 0.1) is 45.7 Å². The Hall–Kier alpha value is -0.210. The van der Waals surface area contributed by atoms with Crippen LogP contribution in [0.3, 0.4) is 0 Å². The van der Waals surface area contributed by atoms with E-state index in [4.69, 9.17) is 14.0 Å². The lowest BCUT2D eigenvalue weighted by atomic mass is 10.2. The lowest BCUT2D eigenvalue weighted by Crippen LogP contribution is -2.47. The zero-order chi connectivity index (χ0) is 16.2. The van der Waals surface area contributed by atoms with Gasteiger partial charge in [0.2, 0.25) is 0 Å². The monoisotopic (exact) mass is 326 g/mol. The van der Waals surface area contributed by atoms with Gasteiger partial charge >= 0.3 is 0 Å². The minimum Gasteiger partial charge on any atom is -0.379 e. The van der Waals surface area contributed by atoms with Crippen LogP contribution in [0.5, 0.6) is 0 Å². The van der Waals surface area contributed by atoms with Gasteiger partial charge in [-0.2, -0.15) is 8.42 Å². The van der Waals surface area contributed by atoms with Crippen LogP contribution < -0.4 is 0 Å². The van der Waals surface area contributed by atoms with Gasteiger partial charge in [-0.3, -0.25) is 4.55 Å². The van der Waals surface area contributed by atoms with E-state index in [9.17, 15) is 8.42 Å². The van der Waals surface area contributed by atoms with E-state index in [0.29, 0.717) is 26.2 Å². The van der Waals surface area contributed by atoms with Crippen LogP contribution in [-0.4, -0.2) is 76.3 Å². The first-order chi connectivity index (χ1) is 9.83. The molecule has 0 aliphatic carbocycles. The molecule has 0 aliphatic rings. The minimum atomic E-state index is -3.83. The second kappa shape index (κ2) is 11.4. The minimum absolute atomic E-state index is 0.151. The van der Waals surface area contributed by atoms with E-state index in [0.717, 1.165) is 43.6 Å². The van der Waals surface area contributed by atoms with Crippen molar-refractivity contribution < 1.29 is 26.9 Å². The summed E-state index contributed by atoms with van der Waals surface area (Å²) in [6.07, 6.45) is 2.30. The van der Waals surface area contributed by atoms with Crippen molar-refractivity contribution in [2.24, 2.45) is 0 Å². The van der Waals surface area contributed by atoms with E-state index in [-0.39, 0.29) is 5.75 Å². The number of unbranched alkanes of at least 4 members (excludes halogenated alkanes) is 1. The van der Waals surface area contributed by atoms with Crippen molar-refractivity contribution in [3.05, 3.63) is 0 Å². The summed E-state index contributed by atoms with van der Waals surface area (Å²) in [5.41, 5.74) is 0.